The highest BCUT2D eigenvalue weighted by atomic mass is 16.6. The predicted octanol–water partition coefficient (Wildman–Crippen LogP) is 3.83. The van der Waals surface area contributed by atoms with Crippen LogP contribution in [0.25, 0.3) is 0 Å². The van der Waals surface area contributed by atoms with Gasteiger partial charge in [0.2, 0.25) is 0 Å². The second-order valence-corrected chi connectivity index (χ2v) is 6.42. The molecule has 3 nitrogen and oxygen atoms in total. The molecule has 19 heavy (non-hydrogen) atoms. The fraction of sp³-hybridized carbons (Fsp3) is 0.812. The maximum atomic E-state index is 11.7. The van der Waals surface area contributed by atoms with Crippen molar-refractivity contribution in [2.24, 2.45) is 17.8 Å². The van der Waals surface area contributed by atoms with Crippen LogP contribution in [0.15, 0.2) is 0 Å². The summed E-state index contributed by atoms with van der Waals surface area (Å²) in [6.07, 6.45) is 6.42. The molecule has 0 saturated carbocycles. The number of rotatable bonds is 7. The van der Waals surface area contributed by atoms with Gasteiger partial charge >= 0.3 is 6.09 Å². The van der Waals surface area contributed by atoms with Crippen molar-refractivity contribution in [3.8, 4) is 12.3 Å². The molecule has 110 valence electrons. The molecular weight excluding hydrogens is 238 g/mol. The minimum absolute atomic E-state index is 0.205. The van der Waals surface area contributed by atoms with E-state index in [2.05, 4.69) is 45.9 Å². The molecule has 0 heterocycles. The normalized spacial score (nSPS) is 15.7. The first-order valence-corrected chi connectivity index (χ1v) is 7.10. The highest BCUT2D eigenvalue weighted by Gasteiger charge is 2.32. The van der Waals surface area contributed by atoms with E-state index in [4.69, 9.17) is 11.2 Å². The van der Waals surface area contributed by atoms with Gasteiger partial charge in [-0.25, -0.2) is 4.79 Å². The molecular formula is C16H29NO2. The number of ether oxygens (including phenoxy) is 1. The lowest BCUT2D eigenvalue weighted by Crippen LogP contribution is -2.40. The van der Waals surface area contributed by atoms with Gasteiger partial charge in [-0.05, 0) is 37.5 Å². The highest BCUT2D eigenvalue weighted by Crippen LogP contribution is 2.31. The molecule has 0 rings (SSSR count). The van der Waals surface area contributed by atoms with Crippen LogP contribution in [0, 0.1) is 30.1 Å². The van der Waals surface area contributed by atoms with E-state index in [1.165, 1.54) is 0 Å². The number of hydrogen-bond donors (Lipinski definition) is 1. The van der Waals surface area contributed by atoms with E-state index < -0.39 is 11.7 Å². The zero-order chi connectivity index (χ0) is 15.1. The Bertz CT molecular complexity index is 317. The molecule has 0 aliphatic rings. The van der Waals surface area contributed by atoms with Crippen molar-refractivity contribution in [2.75, 3.05) is 6.54 Å². The van der Waals surface area contributed by atoms with E-state index in [-0.39, 0.29) is 6.54 Å². The Morgan fingerprint density at radius 2 is 1.84 bits per heavy atom. The Kier molecular flexibility index (Phi) is 7.59. The molecule has 0 fully saturated rings. The average Bonchev–Trinajstić information content (AvgIpc) is 2.24. The van der Waals surface area contributed by atoms with Gasteiger partial charge in [0, 0.05) is 0 Å². The molecule has 0 aromatic rings. The van der Waals surface area contributed by atoms with Crippen molar-refractivity contribution in [1.82, 2.24) is 5.32 Å². The Labute approximate surface area is 118 Å². The van der Waals surface area contributed by atoms with Crippen LogP contribution in [0.4, 0.5) is 4.79 Å². The van der Waals surface area contributed by atoms with Crippen LogP contribution >= 0.6 is 0 Å². The summed E-state index contributed by atoms with van der Waals surface area (Å²) in [5.41, 5.74) is -0.434. The standard InChI is InChI=1S/C16H29NO2/c1-8-9-17-15(18)19-16(7,10-12(2)3)11-14(6)13(4)5/h1,12-14H,9-11H2,2-7H3,(H,17,18)/t14-,16-/m1/s1. The summed E-state index contributed by atoms with van der Waals surface area (Å²) in [4.78, 5) is 11.7. The van der Waals surface area contributed by atoms with Crippen molar-refractivity contribution >= 4 is 6.09 Å². The van der Waals surface area contributed by atoms with Crippen LogP contribution < -0.4 is 5.32 Å². The lowest BCUT2D eigenvalue weighted by atomic mass is 9.81. The maximum Gasteiger partial charge on any atom is 0.408 e. The molecule has 1 N–H and O–H groups in total. The third-order valence-corrected chi connectivity index (χ3v) is 3.41. The molecule has 1 amide bonds. The quantitative estimate of drug-likeness (QED) is 0.712. The molecule has 0 aromatic carbocycles. The molecule has 0 unspecified atom stereocenters. The summed E-state index contributed by atoms with van der Waals surface area (Å²) < 4.78 is 5.63. The second kappa shape index (κ2) is 8.09. The van der Waals surface area contributed by atoms with E-state index in [0.717, 1.165) is 12.8 Å². The lowest BCUT2D eigenvalue weighted by molar-refractivity contribution is -0.0103. The molecule has 0 aliphatic carbocycles. The number of nitrogens with one attached hydrogen (secondary N) is 1. The largest absolute Gasteiger partial charge is 0.443 e. The monoisotopic (exact) mass is 267 g/mol. The van der Waals surface area contributed by atoms with E-state index in [1.807, 2.05) is 6.92 Å². The zero-order valence-electron chi connectivity index (χ0n) is 13.2. The molecule has 0 bridgehead atoms. The van der Waals surface area contributed by atoms with Gasteiger partial charge in [-0.2, -0.15) is 0 Å². The van der Waals surface area contributed by atoms with Crippen molar-refractivity contribution < 1.29 is 9.53 Å². The zero-order valence-corrected chi connectivity index (χ0v) is 13.2. The fourth-order valence-electron chi connectivity index (χ4n) is 2.33. The molecule has 2 atom stereocenters. The number of terminal acetylenes is 1. The summed E-state index contributed by atoms with van der Waals surface area (Å²) in [5.74, 6) is 3.93. The summed E-state index contributed by atoms with van der Waals surface area (Å²) in [6.45, 7) is 13.1. The number of amides is 1. The molecule has 0 saturated heterocycles. The SMILES string of the molecule is C#CCNC(=O)O[C@](C)(CC(C)C)C[C@@H](C)C(C)C. The minimum atomic E-state index is -0.434. The number of carbonyl (C=O) groups is 1. The molecule has 0 aromatic heterocycles. The van der Waals surface area contributed by atoms with Crippen molar-refractivity contribution in [3.63, 3.8) is 0 Å². The third-order valence-electron chi connectivity index (χ3n) is 3.41. The Morgan fingerprint density at radius 3 is 2.26 bits per heavy atom. The maximum absolute atomic E-state index is 11.7. The van der Waals surface area contributed by atoms with Crippen LogP contribution in [-0.2, 0) is 4.74 Å². The fourth-order valence-corrected chi connectivity index (χ4v) is 2.33. The first-order chi connectivity index (χ1) is 8.70. The topological polar surface area (TPSA) is 38.3 Å². The van der Waals surface area contributed by atoms with Gasteiger partial charge in [0.05, 0.1) is 6.54 Å². The van der Waals surface area contributed by atoms with Gasteiger partial charge in [0.1, 0.15) is 5.60 Å². The smallest absolute Gasteiger partial charge is 0.408 e. The van der Waals surface area contributed by atoms with Gasteiger partial charge in [0.15, 0.2) is 0 Å². The first kappa shape index (κ1) is 17.8. The summed E-state index contributed by atoms with van der Waals surface area (Å²) >= 11 is 0. The third kappa shape index (κ3) is 7.77. The number of hydrogen-bond acceptors (Lipinski definition) is 2. The van der Waals surface area contributed by atoms with Gasteiger partial charge in [0.25, 0.3) is 0 Å². The second-order valence-electron chi connectivity index (χ2n) is 6.42. The average molecular weight is 267 g/mol. The van der Waals surface area contributed by atoms with Crippen LogP contribution in [-0.4, -0.2) is 18.2 Å². The van der Waals surface area contributed by atoms with Gasteiger partial charge in [-0.1, -0.05) is 40.5 Å². The van der Waals surface area contributed by atoms with Gasteiger partial charge < -0.3 is 10.1 Å². The van der Waals surface area contributed by atoms with Crippen LogP contribution in [0.2, 0.25) is 0 Å². The molecule has 0 radical (unpaired) electrons. The predicted molar refractivity (Wildman–Crippen MR) is 79.8 cm³/mol. The lowest BCUT2D eigenvalue weighted by Gasteiger charge is -2.34. The Hall–Kier alpha value is -1.17. The van der Waals surface area contributed by atoms with Crippen molar-refractivity contribution in [3.05, 3.63) is 0 Å². The summed E-state index contributed by atoms with van der Waals surface area (Å²) in [7, 11) is 0. The van der Waals surface area contributed by atoms with Gasteiger partial charge in [-0.15, -0.1) is 6.42 Å². The van der Waals surface area contributed by atoms with E-state index in [0.29, 0.717) is 17.8 Å². The summed E-state index contributed by atoms with van der Waals surface area (Å²) in [6, 6.07) is 0. The van der Waals surface area contributed by atoms with Crippen LogP contribution in [0.3, 0.4) is 0 Å². The molecule has 0 aliphatic heterocycles. The molecule has 3 heteroatoms. The first-order valence-electron chi connectivity index (χ1n) is 7.10. The Balaban J connectivity index is 4.68. The van der Waals surface area contributed by atoms with E-state index in [1.54, 1.807) is 0 Å². The van der Waals surface area contributed by atoms with Crippen LogP contribution in [0.5, 0.6) is 0 Å². The van der Waals surface area contributed by atoms with E-state index in [9.17, 15) is 4.79 Å². The minimum Gasteiger partial charge on any atom is -0.443 e. The highest BCUT2D eigenvalue weighted by molar-refractivity contribution is 5.68. The van der Waals surface area contributed by atoms with Crippen molar-refractivity contribution in [2.45, 2.75) is 60.0 Å². The summed E-state index contributed by atoms with van der Waals surface area (Å²) in [5, 5.41) is 2.57. The van der Waals surface area contributed by atoms with Crippen molar-refractivity contribution in [1.29, 1.82) is 0 Å². The van der Waals surface area contributed by atoms with E-state index >= 15 is 0 Å². The van der Waals surface area contributed by atoms with Gasteiger partial charge in [-0.3, -0.25) is 0 Å². The molecule has 0 spiro atoms. The number of carbonyl (C=O) groups excluding carboxylic acids is 1. The number of alkyl carbamates (subject to hydrolysis) is 1. The van der Waals surface area contributed by atoms with Crippen LogP contribution in [0.1, 0.15) is 54.4 Å². The Morgan fingerprint density at radius 1 is 1.26 bits per heavy atom.